The fourth-order valence-corrected chi connectivity index (χ4v) is 4.03. The molecule has 1 fully saturated rings. The molecule has 1 atom stereocenters. The molecule has 0 radical (unpaired) electrons. The van der Waals surface area contributed by atoms with Crippen LogP contribution in [0.3, 0.4) is 0 Å². The van der Waals surface area contributed by atoms with E-state index in [-0.39, 0.29) is 5.91 Å². The van der Waals surface area contributed by atoms with Crippen LogP contribution in [0.4, 0.5) is 17.1 Å². The molecule has 1 amide bonds. The topological polar surface area (TPSA) is 58.4 Å². The van der Waals surface area contributed by atoms with Crippen LogP contribution in [0.2, 0.25) is 0 Å². The number of hydrogen-bond donors (Lipinski definition) is 2. The Hall–Kier alpha value is -1.36. The minimum absolute atomic E-state index is 0.0993. The Labute approximate surface area is 117 Å². The van der Waals surface area contributed by atoms with Gasteiger partial charge in [0.2, 0.25) is 5.91 Å². The van der Waals surface area contributed by atoms with Gasteiger partial charge in [-0.3, -0.25) is 4.79 Å². The fraction of sp³-hybridized carbons (Fsp3) is 0.500. The summed E-state index contributed by atoms with van der Waals surface area (Å²) < 4.78 is 0. The number of fused-ring (bicyclic) bond motifs is 1. The smallest absolute Gasteiger partial charge is 0.224 e. The SMILES string of the molecule is CN(c1cc2c(cc1N)CCC(=O)N2)C1CCSC1. The van der Waals surface area contributed by atoms with Gasteiger partial charge in [-0.05, 0) is 36.3 Å². The van der Waals surface area contributed by atoms with Crippen LogP contribution < -0.4 is 16.0 Å². The molecule has 2 aliphatic heterocycles. The molecular formula is C14H19N3OS. The van der Waals surface area contributed by atoms with Crippen molar-refractivity contribution in [3.8, 4) is 0 Å². The van der Waals surface area contributed by atoms with Crippen molar-refractivity contribution in [2.75, 3.05) is 34.5 Å². The molecule has 1 saturated heterocycles. The second-order valence-electron chi connectivity index (χ2n) is 5.24. The summed E-state index contributed by atoms with van der Waals surface area (Å²) >= 11 is 1.99. The van der Waals surface area contributed by atoms with E-state index in [0.29, 0.717) is 12.5 Å². The Balaban J connectivity index is 1.92. The minimum Gasteiger partial charge on any atom is -0.397 e. The number of nitrogen functional groups attached to an aromatic ring is 1. The van der Waals surface area contributed by atoms with Gasteiger partial charge in [-0.25, -0.2) is 0 Å². The van der Waals surface area contributed by atoms with Gasteiger partial charge in [-0.1, -0.05) is 0 Å². The lowest BCUT2D eigenvalue weighted by Crippen LogP contribution is -2.32. The van der Waals surface area contributed by atoms with Gasteiger partial charge in [0.05, 0.1) is 11.4 Å². The molecule has 0 bridgehead atoms. The first-order valence-electron chi connectivity index (χ1n) is 6.68. The van der Waals surface area contributed by atoms with E-state index in [2.05, 4.69) is 17.3 Å². The van der Waals surface area contributed by atoms with Crippen LogP contribution in [0, 0.1) is 0 Å². The van der Waals surface area contributed by atoms with Crippen LogP contribution in [0.5, 0.6) is 0 Å². The van der Waals surface area contributed by atoms with Crippen molar-refractivity contribution >= 4 is 34.7 Å². The summed E-state index contributed by atoms with van der Waals surface area (Å²) in [6, 6.07) is 4.59. The molecule has 2 heterocycles. The normalized spacial score (nSPS) is 21.9. The summed E-state index contributed by atoms with van der Waals surface area (Å²) in [5.74, 6) is 2.47. The Bertz CT molecular complexity index is 512. The van der Waals surface area contributed by atoms with Crippen LogP contribution in [-0.4, -0.2) is 30.5 Å². The number of nitrogens with zero attached hydrogens (tertiary/aromatic N) is 1. The molecule has 102 valence electrons. The number of benzene rings is 1. The molecule has 2 aliphatic rings. The fourth-order valence-electron chi connectivity index (χ4n) is 2.77. The van der Waals surface area contributed by atoms with Crippen molar-refractivity contribution in [3.05, 3.63) is 17.7 Å². The summed E-state index contributed by atoms with van der Waals surface area (Å²) in [7, 11) is 2.10. The Morgan fingerprint density at radius 1 is 1.42 bits per heavy atom. The van der Waals surface area contributed by atoms with Crippen molar-refractivity contribution < 1.29 is 4.79 Å². The van der Waals surface area contributed by atoms with Crippen molar-refractivity contribution in [2.24, 2.45) is 0 Å². The van der Waals surface area contributed by atoms with Crippen LogP contribution in [-0.2, 0) is 11.2 Å². The zero-order valence-corrected chi connectivity index (χ0v) is 11.9. The first-order valence-corrected chi connectivity index (χ1v) is 7.83. The molecule has 1 unspecified atom stereocenters. The summed E-state index contributed by atoms with van der Waals surface area (Å²) in [5, 5.41) is 2.95. The largest absolute Gasteiger partial charge is 0.397 e. The van der Waals surface area contributed by atoms with Gasteiger partial charge in [0.15, 0.2) is 0 Å². The molecule has 4 nitrogen and oxygen atoms in total. The van der Waals surface area contributed by atoms with Crippen molar-refractivity contribution in [2.45, 2.75) is 25.3 Å². The zero-order valence-electron chi connectivity index (χ0n) is 11.1. The van der Waals surface area contributed by atoms with Crippen molar-refractivity contribution in [1.29, 1.82) is 0 Å². The maximum Gasteiger partial charge on any atom is 0.224 e. The van der Waals surface area contributed by atoms with E-state index in [1.165, 1.54) is 12.2 Å². The number of carbonyl (C=O) groups excluding carboxylic acids is 1. The van der Waals surface area contributed by atoms with Gasteiger partial charge in [-0.15, -0.1) is 0 Å². The number of aryl methyl sites for hydroxylation is 1. The van der Waals surface area contributed by atoms with Gasteiger partial charge in [0, 0.05) is 31.0 Å². The molecular weight excluding hydrogens is 258 g/mol. The molecule has 3 N–H and O–H groups in total. The number of amides is 1. The summed E-state index contributed by atoms with van der Waals surface area (Å²) in [6.07, 6.45) is 2.54. The van der Waals surface area contributed by atoms with E-state index in [4.69, 9.17) is 5.73 Å². The van der Waals surface area contributed by atoms with E-state index in [9.17, 15) is 4.79 Å². The van der Waals surface area contributed by atoms with E-state index in [0.717, 1.165) is 34.8 Å². The predicted molar refractivity (Wildman–Crippen MR) is 81.9 cm³/mol. The summed E-state index contributed by atoms with van der Waals surface area (Å²) in [6.45, 7) is 0. The highest BCUT2D eigenvalue weighted by atomic mass is 32.2. The first-order chi connectivity index (χ1) is 9.15. The molecule has 0 aliphatic carbocycles. The lowest BCUT2D eigenvalue weighted by Gasteiger charge is -2.29. The maximum atomic E-state index is 11.5. The summed E-state index contributed by atoms with van der Waals surface area (Å²) in [4.78, 5) is 13.7. The van der Waals surface area contributed by atoms with E-state index in [1.807, 2.05) is 23.9 Å². The molecule has 3 rings (SSSR count). The van der Waals surface area contributed by atoms with Gasteiger partial charge < -0.3 is 16.0 Å². The number of nitrogens with one attached hydrogen (secondary N) is 1. The van der Waals surface area contributed by atoms with Crippen LogP contribution in [0.25, 0.3) is 0 Å². The van der Waals surface area contributed by atoms with Gasteiger partial charge in [0.25, 0.3) is 0 Å². The summed E-state index contributed by atoms with van der Waals surface area (Å²) in [5.41, 5.74) is 10.1. The Kier molecular flexibility index (Phi) is 3.31. The van der Waals surface area contributed by atoms with Crippen LogP contribution in [0.1, 0.15) is 18.4 Å². The zero-order chi connectivity index (χ0) is 13.4. The lowest BCUT2D eigenvalue weighted by atomic mass is 10.0. The quantitative estimate of drug-likeness (QED) is 0.813. The monoisotopic (exact) mass is 277 g/mol. The number of thioether (sulfide) groups is 1. The molecule has 0 spiro atoms. The second kappa shape index (κ2) is 4.96. The highest BCUT2D eigenvalue weighted by molar-refractivity contribution is 7.99. The molecule has 1 aromatic rings. The third kappa shape index (κ3) is 2.39. The van der Waals surface area contributed by atoms with Crippen LogP contribution in [0.15, 0.2) is 12.1 Å². The van der Waals surface area contributed by atoms with Gasteiger partial charge >= 0.3 is 0 Å². The van der Waals surface area contributed by atoms with E-state index in [1.54, 1.807) is 0 Å². The minimum atomic E-state index is 0.0993. The van der Waals surface area contributed by atoms with E-state index >= 15 is 0 Å². The third-order valence-electron chi connectivity index (χ3n) is 3.98. The maximum absolute atomic E-state index is 11.5. The average Bonchev–Trinajstić information content (AvgIpc) is 2.91. The number of carbonyl (C=O) groups is 1. The predicted octanol–water partition coefficient (Wildman–Crippen LogP) is 2.10. The number of hydrogen-bond acceptors (Lipinski definition) is 4. The molecule has 1 aromatic carbocycles. The number of rotatable bonds is 2. The average molecular weight is 277 g/mol. The Morgan fingerprint density at radius 2 is 2.26 bits per heavy atom. The second-order valence-corrected chi connectivity index (χ2v) is 6.39. The molecule has 5 heteroatoms. The first kappa shape index (κ1) is 12.7. The van der Waals surface area contributed by atoms with Crippen molar-refractivity contribution in [3.63, 3.8) is 0 Å². The molecule has 19 heavy (non-hydrogen) atoms. The van der Waals surface area contributed by atoms with Gasteiger partial charge in [-0.2, -0.15) is 11.8 Å². The van der Waals surface area contributed by atoms with Crippen LogP contribution >= 0.6 is 11.8 Å². The Morgan fingerprint density at radius 3 is 3.00 bits per heavy atom. The standard InChI is InChI=1S/C14H19N3OS/c1-17(10-4-5-19-8-10)13-7-12-9(6-11(13)15)2-3-14(18)16-12/h6-7,10H,2-5,8,15H2,1H3,(H,16,18). The van der Waals surface area contributed by atoms with Gasteiger partial charge in [0.1, 0.15) is 0 Å². The highest BCUT2D eigenvalue weighted by Gasteiger charge is 2.24. The van der Waals surface area contributed by atoms with E-state index < -0.39 is 0 Å². The van der Waals surface area contributed by atoms with Crippen molar-refractivity contribution in [1.82, 2.24) is 0 Å². The number of anilines is 3. The molecule has 0 aromatic heterocycles. The third-order valence-corrected chi connectivity index (χ3v) is 5.13. The lowest BCUT2D eigenvalue weighted by molar-refractivity contribution is -0.116. The highest BCUT2D eigenvalue weighted by Crippen LogP contribution is 2.35. The number of nitrogens with two attached hydrogens (primary N) is 1. The molecule has 0 saturated carbocycles.